The van der Waals surface area contributed by atoms with Crippen LogP contribution in [0.3, 0.4) is 0 Å². The van der Waals surface area contributed by atoms with Crippen molar-refractivity contribution < 1.29 is 0 Å². The van der Waals surface area contributed by atoms with Crippen LogP contribution in [0.4, 0.5) is 0 Å². The number of benzene rings is 1. The molecule has 0 bridgehead atoms. The molecule has 1 heteroatoms. The van der Waals surface area contributed by atoms with Crippen molar-refractivity contribution in [2.45, 2.75) is 65.3 Å². The molecule has 0 heterocycles. The first-order valence-corrected chi connectivity index (χ1v) is 8.15. The molecule has 2 rings (SSSR count). The van der Waals surface area contributed by atoms with Crippen LogP contribution in [0, 0.1) is 11.3 Å². The van der Waals surface area contributed by atoms with Gasteiger partial charge in [-0.05, 0) is 48.5 Å². The lowest BCUT2D eigenvalue weighted by molar-refractivity contribution is 0.302. The van der Waals surface area contributed by atoms with Crippen molar-refractivity contribution in [1.29, 1.82) is 0 Å². The SMILES string of the molecule is CC(CC(C)(C)c1ccccc1)NCC1(C(C)C)CC1. The van der Waals surface area contributed by atoms with Crippen LogP contribution in [0.25, 0.3) is 0 Å². The summed E-state index contributed by atoms with van der Waals surface area (Å²) >= 11 is 0. The van der Waals surface area contributed by atoms with Gasteiger partial charge in [0.1, 0.15) is 0 Å². The second-order valence-corrected chi connectivity index (χ2v) is 7.75. The second kappa shape index (κ2) is 5.89. The van der Waals surface area contributed by atoms with Gasteiger partial charge in [-0.25, -0.2) is 0 Å². The van der Waals surface area contributed by atoms with Gasteiger partial charge in [-0.15, -0.1) is 0 Å². The van der Waals surface area contributed by atoms with Crippen LogP contribution in [0.2, 0.25) is 0 Å². The van der Waals surface area contributed by atoms with Crippen molar-refractivity contribution in [2.24, 2.45) is 11.3 Å². The number of nitrogens with one attached hydrogen (secondary N) is 1. The van der Waals surface area contributed by atoms with Crippen molar-refractivity contribution in [2.75, 3.05) is 6.54 Å². The van der Waals surface area contributed by atoms with Gasteiger partial charge in [0.25, 0.3) is 0 Å². The highest BCUT2D eigenvalue weighted by atomic mass is 14.9. The fraction of sp³-hybridized carbons (Fsp3) is 0.684. The molecule has 112 valence electrons. The fourth-order valence-corrected chi connectivity index (χ4v) is 3.34. The van der Waals surface area contributed by atoms with E-state index in [4.69, 9.17) is 0 Å². The molecule has 0 amide bonds. The van der Waals surface area contributed by atoms with Gasteiger partial charge in [0.2, 0.25) is 0 Å². The minimum absolute atomic E-state index is 0.238. The highest BCUT2D eigenvalue weighted by Crippen LogP contribution is 2.51. The van der Waals surface area contributed by atoms with E-state index in [-0.39, 0.29) is 5.41 Å². The maximum atomic E-state index is 3.79. The number of rotatable bonds is 7. The van der Waals surface area contributed by atoms with E-state index in [1.165, 1.54) is 31.4 Å². The van der Waals surface area contributed by atoms with Crippen LogP contribution in [0.15, 0.2) is 30.3 Å². The van der Waals surface area contributed by atoms with Crippen molar-refractivity contribution in [3.05, 3.63) is 35.9 Å². The standard InChI is InChI=1S/C19H31N/c1-15(2)19(11-12-19)14-20-16(3)13-18(4,5)17-9-7-6-8-10-17/h6-10,15-16,20H,11-14H2,1-5H3. The van der Waals surface area contributed by atoms with Crippen LogP contribution in [-0.2, 0) is 5.41 Å². The first kappa shape index (κ1) is 15.6. The van der Waals surface area contributed by atoms with Gasteiger partial charge in [0.05, 0.1) is 0 Å². The van der Waals surface area contributed by atoms with E-state index in [1.807, 2.05) is 0 Å². The van der Waals surface area contributed by atoms with E-state index in [0.29, 0.717) is 11.5 Å². The van der Waals surface area contributed by atoms with Crippen LogP contribution in [-0.4, -0.2) is 12.6 Å². The van der Waals surface area contributed by atoms with Crippen LogP contribution >= 0.6 is 0 Å². The van der Waals surface area contributed by atoms with Crippen LogP contribution in [0.1, 0.15) is 59.4 Å². The molecule has 0 radical (unpaired) electrons. The summed E-state index contributed by atoms with van der Waals surface area (Å²) in [4.78, 5) is 0. The Morgan fingerprint density at radius 1 is 1.10 bits per heavy atom. The molecule has 1 unspecified atom stereocenters. The predicted octanol–water partition coefficient (Wildman–Crippen LogP) is 4.77. The molecule has 0 aromatic heterocycles. The third kappa shape index (κ3) is 3.63. The van der Waals surface area contributed by atoms with Crippen molar-refractivity contribution in [1.82, 2.24) is 5.32 Å². The normalized spacial score (nSPS) is 19.1. The predicted molar refractivity (Wildman–Crippen MR) is 88.1 cm³/mol. The maximum absolute atomic E-state index is 3.79. The smallest absolute Gasteiger partial charge is 0.00472 e. The topological polar surface area (TPSA) is 12.0 Å². The first-order valence-electron chi connectivity index (χ1n) is 8.15. The Balaban J connectivity index is 1.86. The molecule has 1 N–H and O–H groups in total. The van der Waals surface area contributed by atoms with E-state index in [0.717, 1.165) is 5.92 Å². The average Bonchev–Trinajstić information content (AvgIpc) is 3.18. The van der Waals surface area contributed by atoms with Gasteiger partial charge in [-0.3, -0.25) is 0 Å². The molecule has 1 nitrogen and oxygen atoms in total. The Morgan fingerprint density at radius 2 is 1.70 bits per heavy atom. The zero-order valence-corrected chi connectivity index (χ0v) is 13.9. The molecule has 1 aliphatic rings. The lowest BCUT2D eigenvalue weighted by atomic mass is 9.79. The van der Waals surface area contributed by atoms with E-state index in [1.54, 1.807) is 0 Å². The number of hydrogen-bond donors (Lipinski definition) is 1. The lowest BCUT2D eigenvalue weighted by Gasteiger charge is -2.31. The number of hydrogen-bond acceptors (Lipinski definition) is 1. The molecular weight excluding hydrogens is 242 g/mol. The highest BCUT2D eigenvalue weighted by molar-refractivity contribution is 5.23. The molecule has 0 spiro atoms. The summed E-state index contributed by atoms with van der Waals surface area (Å²) < 4.78 is 0. The summed E-state index contributed by atoms with van der Waals surface area (Å²) in [5.41, 5.74) is 2.28. The minimum Gasteiger partial charge on any atom is -0.314 e. The van der Waals surface area contributed by atoms with E-state index >= 15 is 0 Å². The monoisotopic (exact) mass is 273 g/mol. The van der Waals surface area contributed by atoms with Gasteiger partial charge in [-0.2, -0.15) is 0 Å². The first-order chi connectivity index (χ1) is 9.36. The molecule has 0 aliphatic heterocycles. The molecule has 20 heavy (non-hydrogen) atoms. The van der Waals surface area contributed by atoms with Gasteiger partial charge in [0.15, 0.2) is 0 Å². The zero-order valence-electron chi connectivity index (χ0n) is 13.9. The summed E-state index contributed by atoms with van der Waals surface area (Å²) in [5, 5.41) is 3.79. The minimum atomic E-state index is 0.238. The van der Waals surface area contributed by atoms with Crippen LogP contribution < -0.4 is 5.32 Å². The summed E-state index contributed by atoms with van der Waals surface area (Å²) in [5.74, 6) is 0.810. The molecule has 1 aliphatic carbocycles. The quantitative estimate of drug-likeness (QED) is 0.754. The Hall–Kier alpha value is -0.820. The molecule has 1 atom stereocenters. The van der Waals surface area contributed by atoms with Gasteiger partial charge < -0.3 is 5.32 Å². The average molecular weight is 273 g/mol. The van der Waals surface area contributed by atoms with Gasteiger partial charge in [0, 0.05) is 12.6 Å². The van der Waals surface area contributed by atoms with Crippen molar-refractivity contribution in [3.8, 4) is 0 Å². The third-order valence-electron chi connectivity index (χ3n) is 5.29. The largest absolute Gasteiger partial charge is 0.314 e. The Bertz CT molecular complexity index is 415. The molecular formula is C19H31N. The molecule has 1 saturated carbocycles. The van der Waals surface area contributed by atoms with E-state index in [2.05, 4.69) is 70.3 Å². The highest BCUT2D eigenvalue weighted by Gasteiger charge is 2.45. The van der Waals surface area contributed by atoms with Gasteiger partial charge >= 0.3 is 0 Å². The summed E-state index contributed by atoms with van der Waals surface area (Å²) in [6, 6.07) is 11.5. The maximum Gasteiger partial charge on any atom is 0.00472 e. The van der Waals surface area contributed by atoms with Crippen molar-refractivity contribution in [3.63, 3.8) is 0 Å². The summed E-state index contributed by atoms with van der Waals surface area (Å²) in [6.07, 6.45) is 4.00. The second-order valence-electron chi connectivity index (χ2n) is 7.75. The lowest BCUT2D eigenvalue weighted by Crippen LogP contribution is -2.37. The Morgan fingerprint density at radius 3 is 2.20 bits per heavy atom. The van der Waals surface area contributed by atoms with Crippen LogP contribution in [0.5, 0.6) is 0 Å². The third-order valence-corrected chi connectivity index (χ3v) is 5.29. The fourth-order valence-electron chi connectivity index (χ4n) is 3.34. The van der Waals surface area contributed by atoms with E-state index in [9.17, 15) is 0 Å². The van der Waals surface area contributed by atoms with Crippen molar-refractivity contribution >= 4 is 0 Å². The summed E-state index contributed by atoms with van der Waals surface area (Å²) in [6.45, 7) is 13.0. The Kier molecular flexibility index (Phi) is 4.59. The van der Waals surface area contributed by atoms with E-state index < -0.39 is 0 Å². The summed E-state index contributed by atoms with van der Waals surface area (Å²) in [7, 11) is 0. The molecule has 1 aromatic rings. The molecule has 0 saturated heterocycles. The Labute approximate surface area is 125 Å². The molecule has 1 fully saturated rings. The molecule has 1 aromatic carbocycles. The zero-order chi connectivity index (χ0) is 14.8. The van der Waals surface area contributed by atoms with Gasteiger partial charge in [-0.1, -0.05) is 58.0 Å².